The summed E-state index contributed by atoms with van der Waals surface area (Å²) in [4.78, 5) is 6.96. The quantitative estimate of drug-likeness (QED) is 0.242. The predicted octanol–water partition coefficient (Wildman–Crippen LogP) is 5.93. The minimum atomic E-state index is -4.85. The molecule has 0 unspecified atom stereocenters. The molecular weight excluding hydrogens is 469 g/mol. The van der Waals surface area contributed by atoms with Crippen LogP contribution < -0.4 is 10.7 Å². The second kappa shape index (κ2) is 8.77. The molecule has 0 amide bonds. The zero-order valence-electron chi connectivity index (χ0n) is 15.4. The summed E-state index contributed by atoms with van der Waals surface area (Å²) in [5.74, 6) is -6.08. The number of hydrogen-bond donors (Lipinski definition) is 2. The number of rotatable bonds is 5. The van der Waals surface area contributed by atoms with Gasteiger partial charge < -0.3 is 5.32 Å². The molecule has 15 heteroatoms. The minimum absolute atomic E-state index is 0.245. The fourth-order valence-corrected chi connectivity index (χ4v) is 2.34. The van der Waals surface area contributed by atoms with Crippen molar-refractivity contribution in [1.29, 1.82) is 0 Å². The van der Waals surface area contributed by atoms with Gasteiger partial charge in [-0.3, -0.25) is 0 Å². The SMILES string of the molecule is C/C(=N/Nc1nc(Cl)c(-c2c(F)cc(F)cc2F)c(N[C@@H](C)C(F)(F)F)n1)C(F)(F)F. The molecule has 2 aromatic rings. The average Bonchev–Trinajstić information content (AvgIpc) is 2.59. The number of nitrogens with zero attached hydrogens (tertiary/aromatic N) is 3. The van der Waals surface area contributed by atoms with Crippen molar-refractivity contribution >= 4 is 29.1 Å². The van der Waals surface area contributed by atoms with Gasteiger partial charge in [-0.05, 0) is 13.8 Å². The van der Waals surface area contributed by atoms with Gasteiger partial charge in [0.2, 0.25) is 5.95 Å². The molecule has 31 heavy (non-hydrogen) atoms. The summed E-state index contributed by atoms with van der Waals surface area (Å²) >= 11 is 5.85. The molecule has 1 heterocycles. The van der Waals surface area contributed by atoms with Gasteiger partial charge in [0.1, 0.15) is 40.2 Å². The summed E-state index contributed by atoms with van der Waals surface area (Å²) in [6, 6.07) is -1.85. The summed E-state index contributed by atoms with van der Waals surface area (Å²) in [6.07, 6.45) is -9.68. The van der Waals surface area contributed by atoms with Crippen molar-refractivity contribution in [3.05, 3.63) is 34.7 Å². The van der Waals surface area contributed by atoms with Crippen LogP contribution in [-0.4, -0.2) is 34.1 Å². The van der Waals surface area contributed by atoms with Crippen LogP contribution in [0.2, 0.25) is 5.15 Å². The smallest absolute Gasteiger partial charge is 0.358 e. The first-order valence-corrected chi connectivity index (χ1v) is 8.42. The van der Waals surface area contributed by atoms with Gasteiger partial charge in [0, 0.05) is 12.1 Å². The molecule has 0 spiro atoms. The van der Waals surface area contributed by atoms with Crippen LogP contribution in [0, 0.1) is 17.5 Å². The van der Waals surface area contributed by atoms with Gasteiger partial charge >= 0.3 is 12.4 Å². The Bertz CT molecular complexity index is 981. The van der Waals surface area contributed by atoms with Crippen molar-refractivity contribution in [2.24, 2.45) is 5.10 Å². The molecule has 0 fully saturated rings. The predicted molar refractivity (Wildman–Crippen MR) is 94.3 cm³/mol. The highest BCUT2D eigenvalue weighted by Gasteiger charge is 2.37. The lowest BCUT2D eigenvalue weighted by Crippen LogP contribution is -2.33. The van der Waals surface area contributed by atoms with Crippen LogP contribution in [0.4, 0.5) is 51.3 Å². The Morgan fingerprint density at radius 3 is 2.03 bits per heavy atom. The number of alkyl halides is 6. The molecule has 0 saturated carbocycles. The topological polar surface area (TPSA) is 62.2 Å². The Kier molecular flexibility index (Phi) is 6.93. The molecule has 1 atom stereocenters. The van der Waals surface area contributed by atoms with E-state index in [0.29, 0.717) is 13.8 Å². The van der Waals surface area contributed by atoms with Gasteiger partial charge in [-0.2, -0.15) is 41.4 Å². The first-order valence-electron chi connectivity index (χ1n) is 8.04. The molecule has 0 saturated heterocycles. The van der Waals surface area contributed by atoms with E-state index in [9.17, 15) is 39.5 Å². The van der Waals surface area contributed by atoms with Crippen molar-refractivity contribution in [3.63, 3.8) is 0 Å². The third-order valence-electron chi connectivity index (χ3n) is 3.70. The zero-order chi connectivity index (χ0) is 23.7. The molecule has 0 aliphatic heterocycles. The number of aromatic nitrogens is 2. The Hall–Kier alpha value is -2.77. The molecule has 5 nitrogen and oxygen atoms in total. The summed E-state index contributed by atoms with van der Waals surface area (Å²) in [6.45, 7) is 1.22. The molecule has 0 aliphatic rings. The highest BCUT2D eigenvalue weighted by molar-refractivity contribution is 6.32. The van der Waals surface area contributed by atoms with Gasteiger partial charge in [0.15, 0.2) is 0 Å². The largest absolute Gasteiger partial charge is 0.430 e. The van der Waals surface area contributed by atoms with Crippen molar-refractivity contribution in [2.75, 3.05) is 10.7 Å². The van der Waals surface area contributed by atoms with E-state index in [0.717, 1.165) is 0 Å². The fraction of sp³-hybridized carbons (Fsp3) is 0.312. The monoisotopic (exact) mass is 479 g/mol. The Labute approximate surface area is 173 Å². The van der Waals surface area contributed by atoms with Gasteiger partial charge in [-0.15, -0.1) is 0 Å². The lowest BCUT2D eigenvalue weighted by molar-refractivity contribution is -0.138. The molecule has 2 rings (SSSR count). The Morgan fingerprint density at radius 1 is 1.00 bits per heavy atom. The lowest BCUT2D eigenvalue weighted by atomic mass is 10.1. The first-order chi connectivity index (χ1) is 14.1. The summed E-state index contributed by atoms with van der Waals surface area (Å²) in [7, 11) is 0. The zero-order valence-corrected chi connectivity index (χ0v) is 16.1. The fourth-order valence-electron chi connectivity index (χ4n) is 2.07. The number of hydrazone groups is 1. The molecule has 0 aliphatic carbocycles. The molecular formula is C16H11ClF9N5. The molecule has 170 valence electrons. The second-order valence-corrected chi connectivity index (χ2v) is 6.38. The third kappa shape index (κ3) is 5.89. The van der Waals surface area contributed by atoms with Gasteiger partial charge in [0.05, 0.1) is 11.1 Å². The molecule has 0 bridgehead atoms. The van der Waals surface area contributed by atoms with Crippen molar-refractivity contribution in [1.82, 2.24) is 9.97 Å². The summed E-state index contributed by atoms with van der Waals surface area (Å²) in [5.41, 5.74) is -1.49. The Balaban J connectivity index is 2.65. The van der Waals surface area contributed by atoms with Crippen LogP contribution >= 0.6 is 11.6 Å². The number of benzene rings is 1. The summed E-state index contributed by atoms with van der Waals surface area (Å²) < 4.78 is 118. The van der Waals surface area contributed by atoms with Gasteiger partial charge in [-0.25, -0.2) is 18.6 Å². The number of halogens is 10. The number of anilines is 2. The normalized spacial score (nSPS) is 13.9. The molecule has 2 N–H and O–H groups in total. The third-order valence-corrected chi connectivity index (χ3v) is 3.97. The van der Waals surface area contributed by atoms with E-state index >= 15 is 0 Å². The highest BCUT2D eigenvalue weighted by atomic mass is 35.5. The van der Waals surface area contributed by atoms with E-state index in [1.807, 2.05) is 5.32 Å². The highest BCUT2D eigenvalue weighted by Crippen LogP contribution is 2.38. The van der Waals surface area contributed by atoms with E-state index in [4.69, 9.17) is 11.6 Å². The molecule has 1 aromatic carbocycles. The lowest BCUT2D eigenvalue weighted by Gasteiger charge is -2.21. The van der Waals surface area contributed by atoms with Crippen LogP contribution in [0.3, 0.4) is 0 Å². The number of nitrogens with one attached hydrogen (secondary N) is 2. The maximum absolute atomic E-state index is 14.2. The van der Waals surface area contributed by atoms with Crippen LogP contribution in [0.15, 0.2) is 17.2 Å². The van der Waals surface area contributed by atoms with Crippen LogP contribution in [-0.2, 0) is 0 Å². The maximum atomic E-state index is 14.2. The van der Waals surface area contributed by atoms with E-state index in [-0.39, 0.29) is 12.1 Å². The molecule has 1 aromatic heterocycles. The van der Waals surface area contributed by atoms with Crippen LogP contribution in [0.5, 0.6) is 0 Å². The van der Waals surface area contributed by atoms with Crippen molar-refractivity contribution in [2.45, 2.75) is 32.2 Å². The Morgan fingerprint density at radius 2 is 1.55 bits per heavy atom. The minimum Gasteiger partial charge on any atom is -0.358 e. The van der Waals surface area contributed by atoms with E-state index in [2.05, 4.69) is 15.1 Å². The van der Waals surface area contributed by atoms with E-state index < -0.39 is 69.6 Å². The van der Waals surface area contributed by atoms with Gasteiger partial charge in [-0.1, -0.05) is 11.6 Å². The number of hydrogen-bond acceptors (Lipinski definition) is 5. The average molecular weight is 480 g/mol. The standard InChI is InChI=1S/C16H11ClF9N5/c1-5(15(21,22)23)27-13-11(10-8(19)3-7(18)4-9(10)20)12(17)28-14(29-13)31-30-6(2)16(24,25)26/h3-5H,1-2H3,(H2,27,28,29,31)/b30-6-/t5-/m0/s1. The van der Waals surface area contributed by atoms with Gasteiger partial charge in [0.25, 0.3) is 0 Å². The second-order valence-electron chi connectivity index (χ2n) is 6.02. The van der Waals surface area contributed by atoms with Crippen LogP contribution in [0.1, 0.15) is 13.8 Å². The van der Waals surface area contributed by atoms with E-state index in [1.165, 1.54) is 0 Å². The molecule has 0 radical (unpaired) electrons. The van der Waals surface area contributed by atoms with Crippen molar-refractivity contribution < 1.29 is 39.5 Å². The first kappa shape index (κ1) is 24.5. The van der Waals surface area contributed by atoms with E-state index in [1.54, 1.807) is 5.43 Å². The maximum Gasteiger partial charge on any atom is 0.430 e. The van der Waals surface area contributed by atoms with Crippen molar-refractivity contribution in [3.8, 4) is 11.1 Å². The van der Waals surface area contributed by atoms with Crippen LogP contribution in [0.25, 0.3) is 11.1 Å². The summed E-state index contributed by atoms with van der Waals surface area (Å²) in [5, 5.41) is 3.91.